The van der Waals surface area contributed by atoms with E-state index in [1.165, 1.54) is 10.5 Å². The van der Waals surface area contributed by atoms with Gasteiger partial charge in [-0.25, -0.2) is 0 Å². The number of benzene rings is 2. The molecule has 2 aromatic rings. The molecular formula is C16H16N2O2S. The topological polar surface area (TPSA) is 55.2 Å². The van der Waals surface area contributed by atoms with Gasteiger partial charge >= 0.3 is 0 Å². The molecule has 4 nitrogen and oxygen atoms in total. The molecule has 1 N–H and O–H groups in total. The summed E-state index contributed by atoms with van der Waals surface area (Å²) in [5.74, 6) is 1.06. The number of nitro groups is 1. The van der Waals surface area contributed by atoms with Gasteiger partial charge in [0.15, 0.2) is 0 Å². The molecule has 1 aliphatic rings. The summed E-state index contributed by atoms with van der Waals surface area (Å²) in [4.78, 5) is 12.0. The van der Waals surface area contributed by atoms with Crippen molar-refractivity contribution in [3.8, 4) is 0 Å². The molecule has 0 radical (unpaired) electrons. The van der Waals surface area contributed by atoms with Crippen LogP contribution in [0.1, 0.15) is 23.6 Å². The lowest BCUT2D eigenvalue weighted by molar-refractivity contribution is -0.385. The van der Waals surface area contributed by atoms with Crippen LogP contribution in [0, 0.1) is 17.0 Å². The van der Waals surface area contributed by atoms with Crippen molar-refractivity contribution in [1.82, 2.24) is 0 Å². The first-order valence-corrected chi connectivity index (χ1v) is 7.87. The zero-order chi connectivity index (χ0) is 14.8. The fourth-order valence-corrected chi connectivity index (χ4v) is 3.78. The third kappa shape index (κ3) is 2.74. The predicted octanol–water partition coefficient (Wildman–Crippen LogP) is 4.55. The van der Waals surface area contributed by atoms with Crippen LogP contribution < -0.4 is 5.32 Å². The number of thioether (sulfide) groups is 1. The lowest BCUT2D eigenvalue weighted by atomic mass is 10.0. The lowest BCUT2D eigenvalue weighted by Crippen LogP contribution is -2.16. The van der Waals surface area contributed by atoms with E-state index in [4.69, 9.17) is 0 Å². The van der Waals surface area contributed by atoms with E-state index in [-0.39, 0.29) is 16.7 Å². The standard InChI is InChI=1S/C16H16N2O2S/c1-11-13(6-4-7-15(11)18(19)20)17-14-9-10-21-16-8-3-2-5-12(14)16/h2-8,14,17H,9-10H2,1H3. The number of hydrogen-bond acceptors (Lipinski definition) is 4. The minimum absolute atomic E-state index is 0.165. The number of fused-ring (bicyclic) bond motifs is 1. The van der Waals surface area contributed by atoms with Gasteiger partial charge in [0, 0.05) is 28.0 Å². The van der Waals surface area contributed by atoms with Gasteiger partial charge < -0.3 is 5.32 Å². The van der Waals surface area contributed by atoms with E-state index in [1.807, 2.05) is 30.0 Å². The Morgan fingerprint density at radius 1 is 1.24 bits per heavy atom. The van der Waals surface area contributed by atoms with E-state index < -0.39 is 0 Å². The van der Waals surface area contributed by atoms with Gasteiger partial charge in [0.1, 0.15) is 0 Å². The number of anilines is 1. The quantitative estimate of drug-likeness (QED) is 0.667. The van der Waals surface area contributed by atoms with Gasteiger partial charge in [-0.2, -0.15) is 0 Å². The maximum absolute atomic E-state index is 11.0. The number of nitrogens with one attached hydrogen (secondary N) is 1. The highest BCUT2D eigenvalue weighted by molar-refractivity contribution is 7.99. The Morgan fingerprint density at radius 2 is 2.05 bits per heavy atom. The number of nitrogens with zero attached hydrogens (tertiary/aromatic N) is 1. The fraction of sp³-hybridized carbons (Fsp3) is 0.250. The van der Waals surface area contributed by atoms with Gasteiger partial charge in [-0.05, 0) is 31.0 Å². The van der Waals surface area contributed by atoms with Crippen LogP contribution in [0.3, 0.4) is 0 Å². The highest BCUT2D eigenvalue weighted by Gasteiger charge is 2.22. The Hall–Kier alpha value is -2.01. The second-order valence-electron chi connectivity index (χ2n) is 5.08. The first kappa shape index (κ1) is 13.9. The van der Waals surface area contributed by atoms with Crippen LogP contribution in [0.25, 0.3) is 0 Å². The smallest absolute Gasteiger partial charge is 0.274 e. The summed E-state index contributed by atoms with van der Waals surface area (Å²) in [6.45, 7) is 1.80. The molecule has 0 fully saturated rings. The molecule has 0 aromatic heterocycles. The summed E-state index contributed by atoms with van der Waals surface area (Å²) in [7, 11) is 0. The largest absolute Gasteiger partial charge is 0.378 e. The first-order chi connectivity index (χ1) is 10.2. The molecule has 5 heteroatoms. The molecular weight excluding hydrogens is 284 g/mol. The van der Waals surface area contributed by atoms with Gasteiger partial charge in [-0.3, -0.25) is 10.1 Å². The molecule has 1 unspecified atom stereocenters. The highest BCUT2D eigenvalue weighted by Crippen LogP contribution is 2.38. The Morgan fingerprint density at radius 3 is 2.86 bits per heavy atom. The molecule has 3 rings (SSSR count). The first-order valence-electron chi connectivity index (χ1n) is 6.89. The Kier molecular flexibility index (Phi) is 3.84. The van der Waals surface area contributed by atoms with Crippen LogP contribution in [0.2, 0.25) is 0 Å². The minimum Gasteiger partial charge on any atom is -0.378 e. The third-order valence-electron chi connectivity index (χ3n) is 3.79. The average molecular weight is 300 g/mol. The van der Waals surface area contributed by atoms with E-state index in [0.29, 0.717) is 5.56 Å². The molecule has 108 valence electrons. The van der Waals surface area contributed by atoms with E-state index in [0.717, 1.165) is 17.9 Å². The normalized spacial score (nSPS) is 17.1. The Labute approximate surface area is 127 Å². The van der Waals surface area contributed by atoms with Crippen LogP contribution >= 0.6 is 11.8 Å². The minimum atomic E-state index is -0.328. The molecule has 21 heavy (non-hydrogen) atoms. The molecule has 0 spiro atoms. The van der Waals surface area contributed by atoms with E-state index in [2.05, 4.69) is 17.4 Å². The van der Waals surface area contributed by atoms with Gasteiger partial charge in [0.25, 0.3) is 5.69 Å². The monoisotopic (exact) mass is 300 g/mol. The zero-order valence-electron chi connectivity index (χ0n) is 11.7. The van der Waals surface area contributed by atoms with E-state index in [9.17, 15) is 10.1 Å². The van der Waals surface area contributed by atoms with Crippen LogP contribution in [-0.4, -0.2) is 10.7 Å². The zero-order valence-corrected chi connectivity index (χ0v) is 12.5. The van der Waals surface area contributed by atoms with Crippen molar-refractivity contribution in [1.29, 1.82) is 0 Å². The van der Waals surface area contributed by atoms with Crippen LogP contribution in [-0.2, 0) is 0 Å². The summed E-state index contributed by atoms with van der Waals surface area (Å²) in [5, 5.41) is 14.5. The molecule has 0 aliphatic carbocycles. The third-order valence-corrected chi connectivity index (χ3v) is 4.91. The van der Waals surface area contributed by atoms with Crippen molar-refractivity contribution in [3.63, 3.8) is 0 Å². The SMILES string of the molecule is Cc1c(NC2CCSc3ccccc32)cccc1[N+](=O)[O-]. The molecule has 0 saturated carbocycles. The lowest BCUT2D eigenvalue weighted by Gasteiger charge is -2.27. The van der Waals surface area contributed by atoms with Gasteiger partial charge in [-0.1, -0.05) is 24.3 Å². The van der Waals surface area contributed by atoms with Crippen molar-refractivity contribution < 1.29 is 4.92 Å². The van der Waals surface area contributed by atoms with Crippen LogP contribution in [0.15, 0.2) is 47.4 Å². The van der Waals surface area contributed by atoms with Crippen molar-refractivity contribution in [2.75, 3.05) is 11.1 Å². The van der Waals surface area contributed by atoms with Crippen LogP contribution in [0.5, 0.6) is 0 Å². The van der Waals surface area contributed by atoms with Crippen LogP contribution in [0.4, 0.5) is 11.4 Å². The summed E-state index contributed by atoms with van der Waals surface area (Å²) in [5.41, 5.74) is 2.98. The summed E-state index contributed by atoms with van der Waals surface area (Å²) < 4.78 is 0. The number of rotatable bonds is 3. The van der Waals surface area contributed by atoms with Gasteiger partial charge in [0.2, 0.25) is 0 Å². The summed E-state index contributed by atoms with van der Waals surface area (Å²) in [6, 6.07) is 13.8. The summed E-state index contributed by atoms with van der Waals surface area (Å²) in [6.07, 6.45) is 1.02. The number of nitro benzene ring substituents is 1. The van der Waals surface area contributed by atoms with Crippen molar-refractivity contribution in [2.24, 2.45) is 0 Å². The molecule has 1 aliphatic heterocycles. The fourth-order valence-electron chi connectivity index (χ4n) is 2.66. The Balaban J connectivity index is 1.92. The molecule has 0 amide bonds. The number of hydrogen-bond donors (Lipinski definition) is 1. The Bertz CT molecular complexity index is 688. The molecule has 0 saturated heterocycles. The highest BCUT2D eigenvalue weighted by atomic mass is 32.2. The predicted molar refractivity (Wildman–Crippen MR) is 86.0 cm³/mol. The molecule has 2 aromatic carbocycles. The van der Waals surface area contributed by atoms with Gasteiger partial charge in [0.05, 0.1) is 11.0 Å². The van der Waals surface area contributed by atoms with Gasteiger partial charge in [-0.15, -0.1) is 11.8 Å². The van der Waals surface area contributed by atoms with Crippen molar-refractivity contribution >= 4 is 23.1 Å². The molecule has 1 heterocycles. The van der Waals surface area contributed by atoms with Crippen molar-refractivity contribution in [2.45, 2.75) is 24.3 Å². The maximum Gasteiger partial charge on any atom is 0.274 e. The van der Waals surface area contributed by atoms with Crippen molar-refractivity contribution in [3.05, 3.63) is 63.7 Å². The average Bonchev–Trinajstić information content (AvgIpc) is 2.49. The maximum atomic E-state index is 11.0. The van der Waals surface area contributed by atoms with E-state index in [1.54, 1.807) is 19.1 Å². The molecule has 1 atom stereocenters. The second-order valence-corrected chi connectivity index (χ2v) is 6.22. The second kappa shape index (κ2) is 5.77. The molecule has 0 bridgehead atoms. The van der Waals surface area contributed by atoms with E-state index >= 15 is 0 Å². The summed E-state index contributed by atoms with van der Waals surface area (Å²) >= 11 is 1.87.